The van der Waals surface area contributed by atoms with Gasteiger partial charge in [0.25, 0.3) is 5.91 Å². The van der Waals surface area contributed by atoms with Crippen molar-refractivity contribution in [1.29, 1.82) is 0 Å². The first-order chi connectivity index (χ1) is 21.9. The fourth-order valence-electron chi connectivity index (χ4n) is 6.45. The fourth-order valence-corrected chi connectivity index (χ4v) is 6.45. The van der Waals surface area contributed by atoms with Crippen LogP contribution in [0.4, 0.5) is 0 Å². The minimum absolute atomic E-state index is 0.116. The molecule has 6 rings (SSSR count). The second-order valence-corrected chi connectivity index (χ2v) is 11.8. The van der Waals surface area contributed by atoms with Gasteiger partial charge in [-0.2, -0.15) is 0 Å². The number of rotatable bonds is 11. The quantitative estimate of drug-likeness (QED) is 0.254. The van der Waals surface area contributed by atoms with Gasteiger partial charge >= 0.3 is 0 Å². The number of hydrogen-bond donors (Lipinski definition) is 2. The Kier molecular flexibility index (Phi) is 9.07. The number of carbonyl (C=O) groups excluding carboxylic acids is 4. The molecule has 1 aliphatic carbocycles. The van der Waals surface area contributed by atoms with Crippen LogP contribution in [0.2, 0.25) is 0 Å². The predicted octanol–water partition coefficient (Wildman–Crippen LogP) is 4.77. The van der Waals surface area contributed by atoms with E-state index in [9.17, 15) is 19.2 Å². The summed E-state index contributed by atoms with van der Waals surface area (Å²) in [4.78, 5) is 58.9. The van der Waals surface area contributed by atoms with Crippen molar-refractivity contribution in [3.05, 3.63) is 101 Å². The molecular formula is C36H37N3O6. The zero-order chi connectivity index (χ0) is 31.3. The molecule has 2 amide bonds. The number of amides is 2. The van der Waals surface area contributed by atoms with Crippen LogP contribution in [0.5, 0.6) is 5.75 Å². The predicted molar refractivity (Wildman–Crippen MR) is 169 cm³/mol. The maximum atomic E-state index is 14.1. The third-order valence-electron chi connectivity index (χ3n) is 8.90. The summed E-state index contributed by atoms with van der Waals surface area (Å²) in [5.74, 6) is -0.597. The van der Waals surface area contributed by atoms with Crippen molar-refractivity contribution in [2.24, 2.45) is 5.92 Å². The molecule has 0 spiro atoms. The standard InChI is InChI=1S/C36H37N3O6/c1-44-34-16-8-14-28-27(34)19-30(37-28)36(43)39-20-26-12-6-5-11-24(26)18-31(39)35(42)38-29(17-25-13-7-15-32(25)40)33(41)22-45-21-23-9-3-2-4-10-23/h2-6,8-12,14,16,19,25,29,31,37H,7,13,15,17-18,20-22H2,1H3,(H,38,42)/t25-,29-,31-/m0/s1. The number of methoxy groups -OCH3 is 1. The summed E-state index contributed by atoms with van der Waals surface area (Å²) in [6.07, 6.45) is 2.47. The molecule has 0 saturated heterocycles. The smallest absolute Gasteiger partial charge is 0.271 e. The van der Waals surface area contributed by atoms with Gasteiger partial charge in [0.05, 0.1) is 19.8 Å². The summed E-state index contributed by atoms with van der Waals surface area (Å²) in [6, 6.07) is 22.8. The van der Waals surface area contributed by atoms with Gasteiger partial charge in [0.1, 0.15) is 29.9 Å². The second-order valence-electron chi connectivity index (χ2n) is 11.8. The van der Waals surface area contributed by atoms with Gasteiger partial charge in [-0.25, -0.2) is 0 Å². The lowest BCUT2D eigenvalue weighted by atomic mass is 9.91. The summed E-state index contributed by atoms with van der Waals surface area (Å²) in [5, 5.41) is 3.72. The van der Waals surface area contributed by atoms with E-state index in [1.807, 2.05) is 72.8 Å². The molecule has 2 N–H and O–H groups in total. The van der Waals surface area contributed by atoms with Gasteiger partial charge < -0.3 is 24.7 Å². The Morgan fingerprint density at radius 1 is 1.00 bits per heavy atom. The average Bonchev–Trinajstić information content (AvgIpc) is 3.69. The number of Topliss-reactive ketones (excluding diaryl/α,β-unsaturated/α-hetero) is 2. The Labute approximate surface area is 261 Å². The number of H-pyrrole nitrogens is 1. The van der Waals surface area contributed by atoms with E-state index in [-0.39, 0.29) is 49.6 Å². The first kappa shape index (κ1) is 30.3. The van der Waals surface area contributed by atoms with E-state index in [2.05, 4.69) is 10.3 Å². The topological polar surface area (TPSA) is 118 Å². The Morgan fingerprint density at radius 3 is 2.53 bits per heavy atom. The number of hydrogen-bond acceptors (Lipinski definition) is 6. The van der Waals surface area contributed by atoms with Crippen molar-refractivity contribution >= 4 is 34.3 Å². The summed E-state index contributed by atoms with van der Waals surface area (Å²) >= 11 is 0. The van der Waals surface area contributed by atoms with E-state index >= 15 is 0 Å². The van der Waals surface area contributed by atoms with Crippen molar-refractivity contribution in [3.8, 4) is 5.75 Å². The Morgan fingerprint density at radius 2 is 1.78 bits per heavy atom. The summed E-state index contributed by atoms with van der Waals surface area (Å²) < 4.78 is 11.2. The molecule has 232 valence electrons. The van der Waals surface area contributed by atoms with Gasteiger partial charge in [-0.15, -0.1) is 0 Å². The zero-order valence-corrected chi connectivity index (χ0v) is 25.3. The van der Waals surface area contributed by atoms with Gasteiger partial charge in [0, 0.05) is 36.2 Å². The van der Waals surface area contributed by atoms with Crippen molar-refractivity contribution in [2.45, 2.75) is 57.3 Å². The number of nitrogens with one attached hydrogen (secondary N) is 2. The van der Waals surface area contributed by atoms with Crippen LogP contribution in [0.25, 0.3) is 10.9 Å². The molecule has 9 nitrogen and oxygen atoms in total. The van der Waals surface area contributed by atoms with Crippen LogP contribution in [0.15, 0.2) is 78.9 Å². The van der Waals surface area contributed by atoms with Gasteiger partial charge in [-0.3, -0.25) is 19.2 Å². The van der Waals surface area contributed by atoms with Crippen LogP contribution in [0.1, 0.15) is 52.9 Å². The number of nitrogens with zero attached hydrogens (tertiary/aromatic N) is 1. The SMILES string of the molecule is COc1cccc2[nH]c(C(=O)N3Cc4ccccc4C[C@H]3C(=O)N[C@@H](C[C@@H]3CCCC3=O)C(=O)COCc3ccccc3)cc12. The van der Waals surface area contributed by atoms with Crippen LogP contribution >= 0.6 is 0 Å². The number of aromatic nitrogens is 1. The molecule has 1 fully saturated rings. The highest BCUT2D eigenvalue weighted by Gasteiger charge is 2.38. The van der Waals surface area contributed by atoms with Crippen molar-refractivity contribution < 1.29 is 28.7 Å². The molecule has 0 unspecified atom stereocenters. The van der Waals surface area contributed by atoms with Crippen molar-refractivity contribution in [2.75, 3.05) is 13.7 Å². The summed E-state index contributed by atoms with van der Waals surface area (Å²) in [6.45, 7) is 0.292. The fraction of sp³-hybridized carbons (Fsp3) is 0.333. The lowest BCUT2D eigenvalue weighted by molar-refractivity contribution is -0.134. The van der Waals surface area contributed by atoms with Crippen LogP contribution in [-0.2, 0) is 38.7 Å². The molecular weight excluding hydrogens is 570 g/mol. The molecule has 2 aliphatic rings. The zero-order valence-electron chi connectivity index (χ0n) is 25.3. The van der Waals surface area contributed by atoms with Crippen LogP contribution in [0, 0.1) is 5.92 Å². The number of fused-ring (bicyclic) bond motifs is 2. The van der Waals surface area contributed by atoms with Gasteiger partial charge in [-0.05, 0) is 54.2 Å². The largest absolute Gasteiger partial charge is 0.496 e. The normalized spacial score (nSPS) is 18.4. The molecule has 0 radical (unpaired) electrons. The molecule has 9 heteroatoms. The molecule has 4 aromatic rings. The highest BCUT2D eigenvalue weighted by atomic mass is 16.5. The highest BCUT2D eigenvalue weighted by Crippen LogP contribution is 2.30. The van der Waals surface area contributed by atoms with E-state index in [0.717, 1.165) is 34.0 Å². The van der Waals surface area contributed by atoms with Gasteiger partial charge in [0.15, 0.2) is 5.78 Å². The number of ether oxygens (including phenoxy) is 2. The Bertz CT molecular complexity index is 1710. The molecule has 0 bridgehead atoms. The molecule has 3 atom stereocenters. The average molecular weight is 608 g/mol. The molecule has 1 aliphatic heterocycles. The third-order valence-corrected chi connectivity index (χ3v) is 8.90. The van der Waals surface area contributed by atoms with E-state index in [1.165, 1.54) is 0 Å². The summed E-state index contributed by atoms with van der Waals surface area (Å²) in [5.41, 5.74) is 3.95. The monoisotopic (exact) mass is 607 g/mol. The van der Waals surface area contributed by atoms with Crippen LogP contribution in [0.3, 0.4) is 0 Å². The van der Waals surface area contributed by atoms with Gasteiger partial charge in [0.2, 0.25) is 5.91 Å². The first-order valence-electron chi connectivity index (χ1n) is 15.4. The third kappa shape index (κ3) is 6.68. The molecule has 2 heterocycles. The number of benzene rings is 3. The second kappa shape index (κ2) is 13.5. The minimum Gasteiger partial charge on any atom is -0.496 e. The van der Waals surface area contributed by atoms with E-state index in [1.54, 1.807) is 18.1 Å². The number of aromatic amines is 1. The van der Waals surface area contributed by atoms with Crippen LogP contribution < -0.4 is 10.1 Å². The van der Waals surface area contributed by atoms with Crippen molar-refractivity contribution in [3.63, 3.8) is 0 Å². The lowest BCUT2D eigenvalue weighted by Crippen LogP contribution is -2.56. The van der Waals surface area contributed by atoms with Crippen LogP contribution in [-0.4, -0.2) is 59.1 Å². The summed E-state index contributed by atoms with van der Waals surface area (Å²) in [7, 11) is 1.58. The Hall–Kier alpha value is -4.76. The molecule has 1 saturated carbocycles. The van der Waals surface area contributed by atoms with Gasteiger partial charge in [-0.1, -0.05) is 60.7 Å². The van der Waals surface area contributed by atoms with E-state index in [0.29, 0.717) is 30.7 Å². The molecule has 3 aromatic carbocycles. The van der Waals surface area contributed by atoms with Crippen molar-refractivity contribution in [1.82, 2.24) is 15.2 Å². The maximum Gasteiger partial charge on any atom is 0.271 e. The number of ketones is 2. The number of carbonyl (C=O) groups is 4. The molecule has 45 heavy (non-hydrogen) atoms. The minimum atomic E-state index is -0.910. The Balaban J connectivity index is 1.24. The first-order valence-corrected chi connectivity index (χ1v) is 15.4. The maximum absolute atomic E-state index is 14.1. The lowest BCUT2D eigenvalue weighted by Gasteiger charge is -2.36. The van der Waals surface area contributed by atoms with E-state index < -0.39 is 18.0 Å². The highest BCUT2D eigenvalue weighted by molar-refractivity contribution is 6.02. The van der Waals surface area contributed by atoms with E-state index in [4.69, 9.17) is 9.47 Å². The molecule has 1 aromatic heterocycles.